The van der Waals surface area contributed by atoms with Crippen molar-refractivity contribution in [2.24, 2.45) is 0 Å². The summed E-state index contributed by atoms with van der Waals surface area (Å²) in [5, 5.41) is 2.91. The molecule has 0 fully saturated rings. The molecule has 0 saturated heterocycles. The SMILES string of the molecule is ClC1C=CC=CC1(Cl)CP(Cl)(c1ccccc1)(c1ccccc1)c1ccccc1. The molecule has 2 unspecified atom stereocenters. The Hall–Kier alpha value is -1.56. The van der Waals surface area contributed by atoms with E-state index in [1.807, 2.05) is 78.9 Å². The quantitative estimate of drug-likeness (QED) is 0.307. The van der Waals surface area contributed by atoms with E-state index in [4.69, 9.17) is 34.4 Å². The van der Waals surface area contributed by atoms with Gasteiger partial charge in [-0.3, -0.25) is 0 Å². The molecule has 0 amide bonds. The molecular formula is C25H22Cl3P. The fraction of sp³-hybridized carbons (Fsp3) is 0.120. The second kappa shape index (κ2) is 7.93. The third kappa shape index (κ3) is 3.47. The van der Waals surface area contributed by atoms with Gasteiger partial charge in [0.25, 0.3) is 0 Å². The molecule has 3 aromatic carbocycles. The van der Waals surface area contributed by atoms with Crippen molar-refractivity contribution in [1.29, 1.82) is 0 Å². The summed E-state index contributed by atoms with van der Waals surface area (Å²) >= 11 is 22.1. The summed E-state index contributed by atoms with van der Waals surface area (Å²) in [5.74, 6) is -3.47. The van der Waals surface area contributed by atoms with E-state index < -0.39 is 10.8 Å². The Morgan fingerprint density at radius 1 is 0.690 bits per heavy atom. The van der Waals surface area contributed by atoms with Gasteiger partial charge in [0.2, 0.25) is 0 Å². The first-order chi connectivity index (χ1) is 14.0. The second-order valence-corrected chi connectivity index (χ2v) is 15.1. The van der Waals surface area contributed by atoms with Crippen LogP contribution in [0.4, 0.5) is 0 Å². The molecule has 2 atom stereocenters. The maximum absolute atomic E-state index is 8.09. The molecule has 148 valence electrons. The van der Waals surface area contributed by atoms with Gasteiger partial charge in [-0.05, 0) is 0 Å². The van der Waals surface area contributed by atoms with E-state index in [-0.39, 0.29) is 5.38 Å². The van der Waals surface area contributed by atoms with Crippen LogP contribution in [0.3, 0.4) is 0 Å². The predicted octanol–water partition coefficient (Wildman–Crippen LogP) is 6.38. The van der Waals surface area contributed by atoms with Gasteiger partial charge in [-0.2, -0.15) is 0 Å². The Labute approximate surface area is 187 Å². The van der Waals surface area contributed by atoms with E-state index in [0.29, 0.717) is 6.16 Å². The van der Waals surface area contributed by atoms with Crippen molar-refractivity contribution in [3.05, 3.63) is 115 Å². The third-order valence-electron chi connectivity index (χ3n) is 5.65. The number of hydrogen-bond donors (Lipinski definition) is 0. The summed E-state index contributed by atoms with van der Waals surface area (Å²) in [6.07, 6.45) is 8.34. The van der Waals surface area contributed by atoms with Crippen molar-refractivity contribution in [3.8, 4) is 0 Å². The van der Waals surface area contributed by atoms with Crippen LogP contribution in [0.2, 0.25) is 0 Å². The molecule has 4 rings (SSSR count). The van der Waals surface area contributed by atoms with Crippen molar-refractivity contribution < 1.29 is 0 Å². The molecule has 4 heteroatoms. The third-order valence-corrected chi connectivity index (χ3v) is 14.3. The van der Waals surface area contributed by atoms with Crippen LogP contribution >= 0.6 is 40.4 Å². The van der Waals surface area contributed by atoms with Crippen LogP contribution in [0, 0.1) is 0 Å². The van der Waals surface area contributed by atoms with Gasteiger partial charge >= 0.3 is 188 Å². The number of benzene rings is 3. The second-order valence-electron chi connectivity index (χ2n) is 7.42. The van der Waals surface area contributed by atoms with E-state index in [1.165, 1.54) is 0 Å². The summed E-state index contributed by atoms with van der Waals surface area (Å²) in [6.45, 7) is 0. The zero-order valence-corrected chi connectivity index (χ0v) is 19.0. The van der Waals surface area contributed by atoms with E-state index >= 15 is 0 Å². The van der Waals surface area contributed by atoms with Crippen LogP contribution in [-0.2, 0) is 0 Å². The summed E-state index contributed by atoms with van der Waals surface area (Å²) in [7, 11) is 0. The number of hydrogen-bond acceptors (Lipinski definition) is 0. The zero-order valence-electron chi connectivity index (χ0n) is 15.8. The van der Waals surface area contributed by atoms with Gasteiger partial charge in [0, 0.05) is 0 Å². The fourth-order valence-corrected chi connectivity index (χ4v) is 12.2. The van der Waals surface area contributed by atoms with E-state index in [2.05, 4.69) is 36.4 Å². The van der Waals surface area contributed by atoms with E-state index in [9.17, 15) is 0 Å². The number of allylic oxidation sites excluding steroid dienone is 4. The average molecular weight is 460 g/mol. The van der Waals surface area contributed by atoms with Gasteiger partial charge < -0.3 is 0 Å². The van der Waals surface area contributed by atoms with Gasteiger partial charge in [0.1, 0.15) is 0 Å². The van der Waals surface area contributed by atoms with Crippen LogP contribution in [0.15, 0.2) is 115 Å². The molecule has 0 nitrogen and oxygen atoms in total. The topological polar surface area (TPSA) is 0 Å². The molecule has 0 heterocycles. The van der Waals surface area contributed by atoms with Crippen molar-refractivity contribution >= 4 is 56.3 Å². The predicted molar refractivity (Wildman–Crippen MR) is 132 cm³/mol. The summed E-state index contributed by atoms with van der Waals surface area (Å²) in [5.41, 5.74) is 0. The van der Waals surface area contributed by atoms with Crippen molar-refractivity contribution in [2.75, 3.05) is 6.16 Å². The first-order valence-corrected chi connectivity index (χ1v) is 13.7. The van der Waals surface area contributed by atoms with Crippen LogP contribution in [0.25, 0.3) is 0 Å². The number of rotatable bonds is 5. The Morgan fingerprint density at radius 2 is 1.10 bits per heavy atom. The summed E-state index contributed by atoms with van der Waals surface area (Å²) < 4.78 is 0. The number of halogens is 3. The molecule has 3 aromatic rings. The van der Waals surface area contributed by atoms with Crippen molar-refractivity contribution in [3.63, 3.8) is 0 Å². The Morgan fingerprint density at radius 3 is 1.48 bits per heavy atom. The molecule has 0 saturated carbocycles. The summed E-state index contributed by atoms with van der Waals surface area (Å²) in [6, 6.07) is 31.0. The van der Waals surface area contributed by atoms with E-state index in [1.54, 1.807) is 0 Å². The van der Waals surface area contributed by atoms with Crippen molar-refractivity contribution in [2.45, 2.75) is 10.3 Å². The first kappa shape index (κ1) is 20.7. The molecule has 1 aliphatic carbocycles. The van der Waals surface area contributed by atoms with Gasteiger partial charge in [0.15, 0.2) is 0 Å². The zero-order chi connectivity index (χ0) is 20.4. The average Bonchev–Trinajstić information content (AvgIpc) is 2.78. The molecule has 0 aromatic heterocycles. The van der Waals surface area contributed by atoms with Crippen LogP contribution in [0.1, 0.15) is 0 Å². The summed E-state index contributed by atoms with van der Waals surface area (Å²) in [4.78, 5) is -0.808. The maximum atomic E-state index is 8.09. The van der Waals surface area contributed by atoms with Crippen LogP contribution in [-0.4, -0.2) is 16.4 Å². The number of alkyl halides is 2. The Balaban J connectivity index is 2.08. The molecule has 0 radical (unpaired) electrons. The van der Waals surface area contributed by atoms with Gasteiger partial charge in [-0.15, -0.1) is 0 Å². The molecular weight excluding hydrogens is 438 g/mol. The standard InChI is InChI=1S/C25H22Cl3P/c26-24-18-10-11-19-25(24,27)20-29(28,21-12-4-1-5-13-21,22-14-6-2-7-15-22)23-16-8-3-9-17-23/h1-19,24H,20H2. The normalized spacial score (nSPS) is 22.7. The van der Waals surface area contributed by atoms with Crippen molar-refractivity contribution in [1.82, 2.24) is 0 Å². The molecule has 29 heavy (non-hydrogen) atoms. The molecule has 1 aliphatic rings. The van der Waals surface area contributed by atoms with Gasteiger partial charge in [-0.1, -0.05) is 0 Å². The van der Waals surface area contributed by atoms with Crippen LogP contribution in [0.5, 0.6) is 0 Å². The van der Waals surface area contributed by atoms with Crippen LogP contribution < -0.4 is 15.9 Å². The minimum absolute atomic E-state index is 0.356. The molecule has 0 bridgehead atoms. The molecule has 0 aliphatic heterocycles. The Kier molecular flexibility index (Phi) is 5.66. The van der Waals surface area contributed by atoms with Gasteiger partial charge in [0.05, 0.1) is 0 Å². The molecule has 0 spiro atoms. The Bertz CT molecular complexity index is 932. The minimum atomic E-state index is -3.47. The first-order valence-electron chi connectivity index (χ1n) is 9.56. The fourth-order valence-electron chi connectivity index (χ4n) is 4.16. The van der Waals surface area contributed by atoms with E-state index in [0.717, 1.165) is 15.9 Å². The molecule has 0 N–H and O–H groups in total. The van der Waals surface area contributed by atoms with Gasteiger partial charge in [-0.25, -0.2) is 0 Å². The monoisotopic (exact) mass is 458 g/mol.